The Kier molecular flexibility index (Phi) is 7.04. The van der Waals surface area contributed by atoms with Crippen LogP contribution in [-0.4, -0.2) is 42.5 Å². The molecular formula is C21H27N3O3. The molecule has 0 unspecified atom stereocenters. The quantitative estimate of drug-likeness (QED) is 0.811. The van der Waals surface area contributed by atoms with Crippen molar-refractivity contribution in [1.82, 2.24) is 15.2 Å². The number of para-hydroxylation sites is 2. The third-order valence-corrected chi connectivity index (χ3v) is 4.67. The van der Waals surface area contributed by atoms with Crippen LogP contribution >= 0.6 is 0 Å². The van der Waals surface area contributed by atoms with Gasteiger partial charge in [-0.3, -0.25) is 9.69 Å². The molecular weight excluding hydrogens is 342 g/mol. The smallest absolute Gasteiger partial charge is 0.234 e. The Morgan fingerprint density at radius 3 is 2.56 bits per heavy atom. The molecule has 3 rings (SSSR count). The van der Waals surface area contributed by atoms with Gasteiger partial charge in [0.1, 0.15) is 0 Å². The highest BCUT2D eigenvalue weighted by Gasteiger charge is 2.14. The third kappa shape index (κ3) is 5.69. The van der Waals surface area contributed by atoms with E-state index in [0.717, 1.165) is 18.7 Å². The molecule has 27 heavy (non-hydrogen) atoms. The summed E-state index contributed by atoms with van der Waals surface area (Å²) in [5.74, 6) is 1.73. The number of carbonyl (C=O) groups excluding carboxylic acids is 1. The maximum absolute atomic E-state index is 12.3. The fourth-order valence-corrected chi connectivity index (χ4v) is 3.20. The number of aromatic nitrogens is 1. The molecule has 0 atom stereocenters. The van der Waals surface area contributed by atoms with Gasteiger partial charge in [0, 0.05) is 18.3 Å². The van der Waals surface area contributed by atoms with Crippen LogP contribution in [0, 0.1) is 0 Å². The lowest BCUT2D eigenvalue weighted by molar-refractivity contribution is -0.122. The van der Waals surface area contributed by atoms with Crippen molar-refractivity contribution in [3.63, 3.8) is 0 Å². The number of nitrogens with zero attached hydrogens (tertiary/aromatic N) is 2. The number of likely N-dealkylation sites (tertiary alicyclic amines) is 1. The first-order chi connectivity index (χ1) is 13.3. The molecule has 6 heteroatoms. The van der Waals surface area contributed by atoms with E-state index < -0.39 is 0 Å². The highest BCUT2D eigenvalue weighted by Crippen LogP contribution is 2.31. The summed E-state index contributed by atoms with van der Waals surface area (Å²) < 4.78 is 11.3. The third-order valence-electron chi connectivity index (χ3n) is 4.67. The van der Waals surface area contributed by atoms with Gasteiger partial charge >= 0.3 is 0 Å². The molecule has 0 bridgehead atoms. The van der Waals surface area contributed by atoms with Gasteiger partial charge in [-0.15, -0.1) is 0 Å². The van der Waals surface area contributed by atoms with Crippen LogP contribution in [0.4, 0.5) is 0 Å². The van der Waals surface area contributed by atoms with E-state index in [1.54, 1.807) is 13.3 Å². The molecule has 2 aromatic rings. The van der Waals surface area contributed by atoms with Crippen LogP contribution in [0.1, 0.15) is 31.2 Å². The van der Waals surface area contributed by atoms with Crippen molar-refractivity contribution in [1.29, 1.82) is 0 Å². The summed E-state index contributed by atoms with van der Waals surface area (Å²) in [6.45, 7) is 2.83. The fraction of sp³-hybridized carbons (Fsp3) is 0.429. The minimum absolute atomic E-state index is 0.0315. The fourth-order valence-electron chi connectivity index (χ4n) is 3.20. The Bertz CT molecular complexity index is 743. The lowest BCUT2D eigenvalue weighted by Gasteiger charge is -2.19. The number of amides is 1. The molecule has 1 saturated heterocycles. The van der Waals surface area contributed by atoms with Crippen LogP contribution in [0.25, 0.3) is 0 Å². The number of methoxy groups -OCH3 is 1. The number of ether oxygens (including phenoxy) is 2. The van der Waals surface area contributed by atoms with Gasteiger partial charge in [0.15, 0.2) is 11.5 Å². The summed E-state index contributed by atoms with van der Waals surface area (Å²) in [5, 5.41) is 2.99. The molecule has 0 radical (unpaired) electrons. The Morgan fingerprint density at radius 2 is 1.81 bits per heavy atom. The van der Waals surface area contributed by atoms with Crippen molar-refractivity contribution in [3.05, 3.63) is 48.2 Å². The number of benzene rings is 1. The second-order valence-corrected chi connectivity index (χ2v) is 6.69. The molecule has 1 aromatic carbocycles. The van der Waals surface area contributed by atoms with Crippen molar-refractivity contribution in [3.8, 4) is 17.4 Å². The van der Waals surface area contributed by atoms with Crippen molar-refractivity contribution >= 4 is 5.91 Å². The highest BCUT2D eigenvalue weighted by atomic mass is 16.5. The second kappa shape index (κ2) is 9.92. The van der Waals surface area contributed by atoms with Gasteiger partial charge in [-0.25, -0.2) is 4.98 Å². The zero-order chi connectivity index (χ0) is 18.9. The van der Waals surface area contributed by atoms with E-state index in [4.69, 9.17) is 9.47 Å². The van der Waals surface area contributed by atoms with E-state index in [0.29, 0.717) is 30.5 Å². The van der Waals surface area contributed by atoms with Gasteiger partial charge in [0.2, 0.25) is 11.8 Å². The summed E-state index contributed by atoms with van der Waals surface area (Å²) >= 11 is 0. The van der Waals surface area contributed by atoms with E-state index in [1.165, 1.54) is 25.7 Å². The molecule has 1 N–H and O–H groups in total. The van der Waals surface area contributed by atoms with E-state index >= 15 is 0 Å². The molecule has 2 heterocycles. The minimum Gasteiger partial charge on any atom is -0.493 e. The summed E-state index contributed by atoms with van der Waals surface area (Å²) in [6, 6.07) is 11.2. The van der Waals surface area contributed by atoms with Crippen LogP contribution in [0.2, 0.25) is 0 Å². The zero-order valence-electron chi connectivity index (χ0n) is 15.8. The predicted molar refractivity (Wildman–Crippen MR) is 104 cm³/mol. The number of carbonyl (C=O) groups is 1. The van der Waals surface area contributed by atoms with Crippen LogP contribution in [0.5, 0.6) is 17.4 Å². The summed E-state index contributed by atoms with van der Waals surface area (Å²) in [4.78, 5) is 18.9. The Labute approximate surface area is 160 Å². The normalized spacial score (nSPS) is 15.0. The molecule has 1 aliphatic rings. The Hall–Kier alpha value is -2.60. The largest absolute Gasteiger partial charge is 0.493 e. The number of pyridine rings is 1. The molecule has 1 amide bonds. The topological polar surface area (TPSA) is 63.7 Å². The van der Waals surface area contributed by atoms with Crippen LogP contribution in [0.3, 0.4) is 0 Å². The van der Waals surface area contributed by atoms with Crippen LogP contribution in [-0.2, 0) is 11.3 Å². The monoisotopic (exact) mass is 369 g/mol. The van der Waals surface area contributed by atoms with Gasteiger partial charge < -0.3 is 14.8 Å². The maximum atomic E-state index is 12.3. The van der Waals surface area contributed by atoms with E-state index in [9.17, 15) is 4.79 Å². The standard InChI is InChI=1S/C21H27N3O3/c1-26-18-10-4-5-11-19(18)27-21-17(9-8-12-22-21)15-23-20(25)16-24-13-6-2-3-7-14-24/h4-5,8-12H,2-3,6-7,13-16H2,1H3,(H,23,25). The van der Waals surface area contributed by atoms with Crippen LogP contribution < -0.4 is 14.8 Å². The molecule has 0 aliphatic carbocycles. The van der Waals surface area contributed by atoms with Crippen LogP contribution in [0.15, 0.2) is 42.6 Å². The van der Waals surface area contributed by atoms with E-state index in [1.807, 2.05) is 36.4 Å². The first-order valence-corrected chi connectivity index (χ1v) is 9.50. The van der Waals surface area contributed by atoms with Crippen molar-refractivity contribution in [2.45, 2.75) is 32.2 Å². The molecule has 1 aromatic heterocycles. The molecule has 0 saturated carbocycles. The van der Waals surface area contributed by atoms with Crippen molar-refractivity contribution in [2.24, 2.45) is 0 Å². The van der Waals surface area contributed by atoms with Crippen molar-refractivity contribution < 1.29 is 14.3 Å². The summed E-state index contributed by atoms with van der Waals surface area (Å²) in [6.07, 6.45) is 6.54. The molecule has 1 fully saturated rings. The van der Waals surface area contributed by atoms with Gasteiger partial charge in [0.05, 0.1) is 13.7 Å². The predicted octanol–water partition coefficient (Wildman–Crippen LogP) is 3.37. The molecule has 6 nitrogen and oxygen atoms in total. The Morgan fingerprint density at radius 1 is 1.07 bits per heavy atom. The average Bonchev–Trinajstić information content (AvgIpc) is 2.96. The first-order valence-electron chi connectivity index (χ1n) is 9.50. The molecule has 144 valence electrons. The van der Waals surface area contributed by atoms with Gasteiger partial charge in [-0.1, -0.05) is 31.0 Å². The van der Waals surface area contributed by atoms with E-state index in [2.05, 4.69) is 15.2 Å². The number of nitrogens with one attached hydrogen (secondary N) is 1. The highest BCUT2D eigenvalue weighted by molar-refractivity contribution is 5.78. The number of hydrogen-bond acceptors (Lipinski definition) is 5. The lowest BCUT2D eigenvalue weighted by Crippen LogP contribution is -2.37. The molecule has 1 aliphatic heterocycles. The second-order valence-electron chi connectivity index (χ2n) is 6.69. The van der Waals surface area contributed by atoms with E-state index in [-0.39, 0.29) is 5.91 Å². The lowest BCUT2D eigenvalue weighted by atomic mass is 10.2. The van der Waals surface area contributed by atoms with Gasteiger partial charge in [0.25, 0.3) is 0 Å². The SMILES string of the molecule is COc1ccccc1Oc1ncccc1CNC(=O)CN1CCCCCC1. The average molecular weight is 369 g/mol. The van der Waals surface area contributed by atoms with Gasteiger partial charge in [-0.2, -0.15) is 0 Å². The van der Waals surface area contributed by atoms with Gasteiger partial charge in [-0.05, 0) is 44.1 Å². The zero-order valence-corrected chi connectivity index (χ0v) is 15.8. The maximum Gasteiger partial charge on any atom is 0.234 e. The number of hydrogen-bond donors (Lipinski definition) is 1. The summed E-state index contributed by atoms with van der Waals surface area (Å²) in [5.41, 5.74) is 0.827. The molecule has 0 spiro atoms. The number of rotatable bonds is 7. The van der Waals surface area contributed by atoms with Crippen molar-refractivity contribution in [2.75, 3.05) is 26.7 Å². The Balaban J connectivity index is 1.59. The first kappa shape index (κ1) is 19.2. The summed E-state index contributed by atoms with van der Waals surface area (Å²) in [7, 11) is 1.60. The minimum atomic E-state index is 0.0315.